The molecule has 0 saturated heterocycles. The van der Waals surface area contributed by atoms with Crippen LogP contribution in [0.4, 0.5) is 5.69 Å². The fraction of sp³-hybridized carbons (Fsp3) is 0.318. The molecule has 0 radical (unpaired) electrons. The van der Waals surface area contributed by atoms with Gasteiger partial charge in [-0.25, -0.2) is 13.1 Å². The van der Waals surface area contributed by atoms with Gasteiger partial charge in [-0.15, -0.1) is 0 Å². The van der Waals surface area contributed by atoms with E-state index < -0.39 is 27.7 Å². The summed E-state index contributed by atoms with van der Waals surface area (Å²) in [5, 5.41) is 5.15. The number of benzene rings is 2. The van der Waals surface area contributed by atoms with Crippen molar-refractivity contribution in [1.82, 2.24) is 10.0 Å². The van der Waals surface area contributed by atoms with E-state index in [0.717, 1.165) is 0 Å². The molecule has 3 rings (SSSR count). The maximum Gasteiger partial charge on any atom is 0.253 e. The molecule has 0 saturated carbocycles. The van der Waals surface area contributed by atoms with Crippen LogP contribution in [-0.4, -0.2) is 52.4 Å². The number of nitrogens with one attached hydrogen (secondary N) is 3. The Morgan fingerprint density at radius 2 is 1.68 bits per heavy atom. The predicted molar refractivity (Wildman–Crippen MR) is 123 cm³/mol. The van der Waals surface area contributed by atoms with E-state index >= 15 is 0 Å². The molecule has 3 amide bonds. The monoisotopic (exact) mass is 490 g/mol. The lowest BCUT2D eigenvalue weighted by Crippen LogP contribution is -2.30. The van der Waals surface area contributed by atoms with E-state index in [9.17, 15) is 22.8 Å². The van der Waals surface area contributed by atoms with Gasteiger partial charge in [0, 0.05) is 38.4 Å². The molecule has 2 aromatic rings. The van der Waals surface area contributed by atoms with E-state index in [1.54, 1.807) is 18.2 Å². The number of para-hydroxylation sites is 1. The van der Waals surface area contributed by atoms with Crippen molar-refractivity contribution in [3.05, 3.63) is 48.0 Å². The quantitative estimate of drug-likeness (QED) is 0.381. The van der Waals surface area contributed by atoms with E-state index in [1.807, 2.05) is 0 Å². The number of carbonyl (C=O) groups excluding carboxylic acids is 3. The van der Waals surface area contributed by atoms with Gasteiger partial charge in [0.2, 0.25) is 21.8 Å². The van der Waals surface area contributed by atoms with Gasteiger partial charge in [0.1, 0.15) is 0 Å². The number of sulfonamides is 1. The van der Waals surface area contributed by atoms with Crippen molar-refractivity contribution < 1.29 is 32.3 Å². The van der Waals surface area contributed by atoms with Gasteiger partial charge in [0.05, 0.1) is 29.4 Å². The Hall–Kier alpha value is -3.64. The molecular weight excluding hydrogens is 464 g/mol. The summed E-state index contributed by atoms with van der Waals surface area (Å²) >= 11 is 0. The summed E-state index contributed by atoms with van der Waals surface area (Å²) < 4.78 is 38.6. The summed E-state index contributed by atoms with van der Waals surface area (Å²) in [7, 11) is -3.88. The van der Waals surface area contributed by atoms with Crippen LogP contribution in [-0.2, 0) is 19.6 Å². The van der Waals surface area contributed by atoms with Crippen molar-refractivity contribution in [2.75, 3.05) is 31.6 Å². The second kappa shape index (κ2) is 11.5. The Morgan fingerprint density at radius 1 is 0.941 bits per heavy atom. The summed E-state index contributed by atoms with van der Waals surface area (Å²) in [5.41, 5.74) is 5.52. The molecule has 1 aliphatic rings. The summed E-state index contributed by atoms with van der Waals surface area (Å²) in [6.07, 6.45) is 0.521. The van der Waals surface area contributed by atoms with Crippen LogP contribution in [0, 0.1) is 0 Å². The number of hydrogen-bond acceptors (Lipinski definition) is 7. The van der Waals surface area contributed by atoms with Gasteiger partial charge in [0.15, 0.2) is 11.5 Å². The van der Waals surface area contributed by atoms with E-state index in [1.165, 1.54) is 24.3 Å². The molecule has 34 heavy (non-hydrogen) atoms. The van der Waals surface area contributed by atoms with E-state index in [2.05, 4.69) is 15.4 Å². The zero-order valence-corrected chi connectivity index (χ0v) is 19.2. The van der Waals surface area contributed by atoms with Crippen LogP contribution in [0.1, 0.15) is 29.6 Å². The number of carbonyl (C=O) groups is 3. The fourth-order valence-corrected chi connectivity index (χ4v) is 4.14. The Balaban J connectivity index is 1.55. The zero-order valence-electron chi connectivity index (χ0n) is 18.3. The molecule has 2 aromatic carbocycles. The second-order valence-corrected chi connectivity index (χ2v) is 9.14. The summed E-state index contributed by atoms with van der Waals surface area (Å²) in [4.78, 5) is 35.5. The lowest BCUT2D eigenvalue weighted by atomic mass is 10.1. The van der Waals surface area contributed by atoms with Gasteiger partial charge in [-0.3, -0.25) is 14.4 Å². The number of anilines is 1. The minimum Gasteiger partial charge on any atom is -0.490 e. The first-order valence-corrected chi connectivity index (χ1v) is 12.1. The third kappa shape index (κ3) is 6.93. The molecule has 11 nitrogen and oxygen atoms in total. The predicted octanol–water partition coefficient (Wildman–Crippen LogP) is 0.760. The summed E-state index contributed by atoms with van der Waals surface area (Å²) in [6, 6.07) is 10.7. The normalized spacial score (nSPS) is 12.9. The molecule has 0 bridgehead atoms. The second-order valence-electron chi connectivity index (χ2n) is 7.37. The molecule has 0 unspecified atom stereocenters. The molecular formula is C22H26N4O7S. The number of hydrogen-bond donors (Lipinski definition) is 4. The van der Waals surface area contributed by atoms with E-state index in [-0.39, 0.29) is 42.1 Å². The minimum atomic E-state index is -3.88. The van der Waals surface area contributed by atoms with Crippen molar-refractivity contribution in [2.24, 2.45) is 5.73 Å². The molecule has 0 fully saturated rings. The Morgan fingerprint density at radius 3 is 2.44 bits per heavy atom. The van der Waals surface area contributed by atoms with E-state index in [0.29, 0.717) is 31.1 Å². The maximum atomic E-state index is 12.6. The molecule has 0 spiro atoms. The highest BCUT2D eigenvalue weighted by molar-refractivity contribution is 7.89. The molecule has 0 atom stereocenters. The largest absolute Gasteiger partial charge is 0.490 e. The first kappa shape index (κ1) is 25.0. The number of amides is 3. The first-order valence-electron chi connectivity index (χ1n) is 10.6. The highest BCUT2D eigenvalue weighted by Crippen LogP contribution is 2.31. The number of rotatable bonds is 10. The van der Waals surface area contributed by atoms with Crippen LogP contribution in [0.5, 0.6) is 11.5 Å². The molecule has 1 aliphatic heterocycles. The maximum absolute atomic E-state index is 12.6. The summed E-state index contributed by atoms with van der Waals surface area (Å²) in [6.45, 7) is 0.826. The zero-order chi connectivity index (χ0) is 24.6. The molecule has 12 heteroatoms. The fourth-order valence-electron chi connectivity index (χ4n) is 3.09. The van der Waals surface area contributed by atoms with Gasteiger partial charge in [-0.05, 0) is 24.3 Å². The molecule has 1 heterocycles. The topological polar surface area (TPSA) is 166 Å². The smallest absolute Gasteiger partial charge is 0.253 e. The average molecular weight is 491 g/mol. The van der Waals surface area contributed by atoms with Crippen LogP contribution in [0.25, 0.3) is 0 Å². The van der Waals surface area contributed by atoms with Crippen LogP contribution < -0.4 is 30.6 Å². The average Bonchev–Trinajstić information content (AvgIpc) is 3.04. The highest BCUT2D eigenvalue weighted by atomic mass is 32.2. The number of fused-ring (bicyclic) bond motifs is 1. The lowest BCUT2D eigenvalue weighted by molar-refractivity contribution is -0.118. The van der Waals surface area contributed by atoms with Gasteiger partial charge >= 0.3 is 0 Å². The van der Waals surface area contributed by atoms with Crippen LogP contribution >= 0.6 is 0 Å². The lowest BCUT2D eigenvalue weighted by Gasteiger charge is -2.12. The van der Waals surface area contributed by atoms with Gasteiger partial charge in [-0.2, -0.15) is 0 Å². The van der Waals surface area contributed by atoms with Crippen molar-refractivity contribution in [3.63, 3.8) is 0 Å². The molecule has 5 N–H and O–H groups in total. The van der Waals surface area contributed by atoms with Gasteiger partial charge in [0.25, 0.3) is 5.91 Å². The summed E-state index contributed by atoms with van der Waals surface area (Å²) in [5.74, 6) is -0.681. The molecule has 182 valence electrons. The Bertz CT molecular complexity index is 1170. The highest BCUT2D eigenvalue weighted by Gasteiger charge is 2.19. The Kier molecular flexibility index (Phi) is 8.44. The molecule has 0 aromatic heterocycles. The van der Waals surface area contributed by atoms with Crippen molar-refractivity contribution >= 4 is 33.4 Å². The van der Waals surface area contributed by atoms with Crippen molar-refractivity contribution in [2.45, 2.75) is 24.2 Å². The third-order valence-corrected chi connectivity index (χ3v) is 6.23. The van der Waals surface area contributed by atoms with Crippen LogP contribution in [0.15, 0.2) is 47.4 Å². The first-order chi connectivity index (χ1) is 16.3. The number of ether oxygens (including phenoxy) is 2. The van der Waals surface area contributed by atoms with Crippen LogP contribution in [0.2, 0.25) is 0 Å². The van der Waals surface area contributed by atoms with Crippen LogP contribution in [0.3, 0.4) is 0 Å². The number of nitrogens with two attached hydrogens (primary N) is 1. The Labute approximate surface area is 197 Å². The number of primary amides is 1. The third-order valence-electron chi connectivity index (χ3n) is 4.78. The molecule has 0 aliphatic carbocycles. The van der Waals surface area contributed by atoms with Crippen molar-refractivity contribution in [1.29, 1.82) is 0 Å². The minimum absolute atomic E-state index is 0.00450. The van der Waals surface area contributed by atoms with Gasteiger partial charge in [-0.1, -0.05) is 12.1 Å². The van der Waals surface area contributed by atoms with Gasteiger partial charge < -0.3 is 25.8 Å². The SMILES string of the molecule is NC(=O)CCNC(=O)c1ccccc1NC(=O)CCNS(=O)(=O)c1ccc2c(c1)OCCCO2. The van der Waals surface area contributed by atoms with Crippen molar-refractivity contribution in [3.8, 4) is 11.5 Å². The standard InChI is InChI=1S/C22H26N4O7S/c23-20(27)8-10-24-22(29)16-4-1-2-5-17(16)26-21(28)9-11-25-34(30,31)15-6-7-18-19(14-15)33-13-3-12-32-18/h1-2,4-7,14,25H,3,8-13H2,(H2,23,27)(H,24,29)(H,26,28). The van der Waals surface area contributed by atoms with E-state index in [4.69, 9.17) is 15.2 Å².